The number of furan rings is 1. The van der Waals surface area contributed by atoms with Crippen LogP contribution in [0.1, 0.15) is 46.9 Å². The van der Waals surface area contributed by atoms with E-state index in [-0.39, 0.29) is 12.3 Å². The fraction of sp³-hybridized carbons (Fsp3) is 0.368. The number of ketones is 1. The van der Waals surface area contributed by atoms with Gasteiger partial charge >= 0.3 is 6.03 Å². The van der Waals surface area contributed by atoms with Crippen molar-refractivity contribution < 1.29 is 19.1 Å². The van der Waals surface area contributed by atoms with Gasteiger partial charge in [0.15, 0.2) is 5.78 Å². The number of carbonyl (C=O) groups is 2. The normalized spacial score (nSPS) is 13.2. The summed E-state index contributed by atoms with van der Waals surface area (Å²) in [5, 5.41) is 15.9. The van der Waals surface area contributed by atoms with Crippen LogP contribution in [0.2, 0.25) is 0 Å². The van der Waals surface area contributed by atoms with E-state index in [2.05, 4.69) is 10.6 Å². The first kappa shape index (κ1) is 18.7. The topological polar surface area (TPSA) is 91.6 Å². The Morgan fingerprint density at radius 1 is 1.20 bits per heavy atom. The van der Waals surface area contributed by atoms with E-state index < -0.39 is 11.6 Å². The second kappa shape index (κ2) is 7.11. The minimum absolute atomic E-state index is 0.0182. The lowest BCUT2D eigenvalue weighted by Crippen LogP contribution is -2.40. The van der Waals surface area contributed by atoms with Gasteiger partial charge in [-0.1, -0.05) is 0 Å². The van der Waals surface area contributed by atoms with Gasteiger partial charge in [0.1, 0.15) is 17.1 Å². The van der Waals surface area contributed by atoms with Crippen molar-refractivity contribution in [2.75, 3.05) is 11.9 Å². The molecule has 25 heavy (non-hydrogen) atoms. The monoisotopic (exact) mass is 344 g/mol. The molecule has 0 saturated heterocycles. The lowest BCUT2D eigenvalue weighted by atomic mass is 9.96. The van der Waals surface area contributed by atoms with E-state index in [1.165, 1.54) is 6.92 Å². The fourth-order valence-corrected chi connectivity index (χ4v) is 2.82. The van der Waals surface area contributed by atoms with E-state index in [0.29, 0.717) is 28.3 Å². The third-order valence-corrected chi connectivity index (χ3v) is 4.08. The number of Topliss-reactive ketones (excluding diaryl/α,β-unsaturated/α-hetero) is 1. The Morgan fingerprint density at radius 3 is 2.40 bits per heavy atom. The SMILES string of the molecule is CC(=O)c1ccc(NC(=O)NCC(C)(O)c2cc(C)oc2C)cc1C. The quantitative estimate of drug-likeness (QED) is 0.725. The second-order valence-corrected chi connectivity index (χ2v) is 6.49. The summed E-state index contributed by atoms with van der Waals surface area (Å²) in [6.45, 7) is 8.55. The highest BCUT2D eigenvalue weighted by Crippen LogP contribution is 2.26. The molecule has 0 aliphatic carbocycles. The first-order chi connectivity index (χ1) is 11.6. The number of rotatable bonds is 5. The van der Waals surface area contributed by atoms with Crippen LogP contribution in [-0.2, 0) is 5.60 Å². The summed E-state index contributed by atoms with van der Waals surface area (Å²) in [5.74, 6) is 1.31. The molecular weight excluding hydrogens is 320 g/mol. The van der Waals surface area contributed by atoms with Gasteiger partial charge in [0.25, 0.3) is 0 Å². The van der Waals surface area contributed by atoms with Crippen molar-refractivity contribution in [2.45, 2.75) is 40.2 Å². The lowest BCUT2D eigenvalue weighted by Gasteiger charge is -2.23. The van der Waals surface area contributed by atoms with Crippen LogP contribution < -0.4 is 10.6 Å². The van der Waals surface area contributed by atoms with E-state index in [1.807, 2.05) is 6.92 Å². The Balaban J connectivity index is 2.00. The summed E-state index contributed by atoms with van der Waals surface area (Å²) < 4.78 is 5.43. The van der Waals surface area contributed by atoms with Crippen LogP contribution in [0.25, 0.3) is 0 Å². The van der Waals surface area contributed by atoms with Crippen LogP contribution in [0, 0.1) is 20.8 Å². The summed E-state index contributed by atoms with van der Waals surface area (Å²) in [5.41, 5.74) is 1.40. The van der Waals surface area contributed by atoms with Gasteiger partial charge in [-0.15, -0.1) is 0 Å². The number of urea groups is 1. The van der Waals surface area contributed by atoms with Gasteiger partial charge in [-0.25, -0.2) is 4.79 Å². The number of aliphatic hydroxyl groups is 1. The molecular formula is C19H24N2O4. The minimum atomic E-state index is -1.24. The molecule has 0 spiro atoms. The van der Waals surface area contributed by atoms with Crippen molar-refractivity contribution in [2.24, 2.45) is 0 Å². The maximum Gasteiger partial charge on any atom is 0.319 e. The zero-order chi connectivity index (χ0) is 18.8. The van der Waals surface area contributed by atoms with Crippen molar-refractivity contribution in [3.63, 3.8) is 0 Å². The first-order valence-electron chi connectivity index (χ1n) is 8.06. The zero-order valence-electron chi connectivity index (χ0n) is 15.2. The average molecular weight is 344 g/mol. The van der Waals surface area contributed by atoms with E-state index in [0.717, 1.165) is 5.56 Å². The Bertz CT molecular complexity index is 806. The van der Waals surface area contributed by atoms with Gasteiger partial charge in [-0.05, 0) is 64.4 Å². The molecule has 0 radical (unpaired) electrons. The zero-order valence-corrected chi connectivity index (χ0v) is 15.2. The molecule has 0 aliphatic heterocycles. The number of hydrogen-bond acceptors (Lipinski definition) is 4. The Kier molecular flexibility index (Phi) is 5.33. The van der Waals surface area contributed by atoms with Gasteiger partial charge in [-0.2, -0.15) is 0 Å². The van der Waals surface area contributed by atoms with E-state index in [4.69, 9.17) is 4.42 Å². The molecule has 1 aromatic carbocycles. The summed E-state index contributed by atoms with van der Waals surface area (Å²) in [7, 11) is 0. The molecule has 6 heteroatoms. The molecule has 2 amide bonds. The highest BCUT2D eigenvalue weighted by molar-refractivity contribution is 5.96. The number of hydrogen-bond donors (Lipinski definition) is 3. The van der Waals surface area contributed by atoms with Crippen LogP contribution in [0.3, 0.4) is 0 Å². The van der Waals surface area contributed by atoms with E-state index in [9.17, 15) is 14.7 Å². The van der Waals surface area contributed by atoms with Crippen LogP contribution in [0.15, 0.2) is 28.7 Å². The Labute approximate surface area is 147 Å². The molecule has 0 saturated carbocycles. The molecule has 134 valence electrons. The van der Waals surface area contributed by atoms with E-state index in [1.54, 1.807) is 45.0 Å². The largest absolute Gasteiger partial charge is 0.466 e. The number of benzene rings is 1. The van der Waals surface area contributed by atoms with Crippen molar-refractivity contribution >= 4 is 17.5 Å². The maximum atomic E-state index is 12.1. The molecule has 2 aromatic rings. The van der Waals surface area contributed by atoms with Crippen molar-refractivity contribution in [3.8, 4) is 0 Å². The van der Waals surface area contributed by atoms with Crippen molar-refractivity contribution in [1.82, 2.24) is 5.32 Å². The molecule has 1 heterocycles. The molecule has 1 unspecified atom stereocenters. The average Bonchev–Trinajstić information content (AvgIpc) is 2.84. The molecule has 6 nitrogen and oxygen atoms in total. The minimum Gasteiger partial charge on any atom is -0.466 e. The second-order valence-electron chi connectivity index (χ2n) is 6.49. The molecule has 0 aliphatic rings. The van der Waals surface area contributed by atoms with Gasteiger partial charge in [-0.3, -0.25) is 4.79 Å². The number of anilines is 1. The number of nitrogens with one attached hydrogen (secondary N) is 2. The lowest BCUT2D eigenvalue weighted by molar-refractivity contribution is 0.0584. The van der Waals surface area contributed by atoms with Gasteiger partial charge in [0.2, 0.25) is 0 Å². The van der Waals surface area contributed by atoms with Crippen LogP contribution >= 0.6 is 0 Å². The molecule has 3 N–H and O–H groups in total. The predicted molar refractivity (Wildman–Crippen MR) is 96.0 cm³/mol. The molecule has 1 atom stereocenters. The van der Waals surface area contributed by atoms with Crippen LogP contribution in [-0.4, -0.2) is 23.5 Å². The fourth-order valence-electron chi connectivity index (χ4n) is 2.82. The molecule has 1 aromatic heterocycles. The van der Waals surface area contributed by atoms with Crippen LogP contribution in [0.4, 0.5) is 10.5 Å². The summed E-state index contributed by atoms with van der Waals surface area (Å²) in [6, 6.07) is 6.41. The highest BCUT2D eigenvalue weighted by Gasteiger charge is 2.28. The Hall–Kier alpha value is -2.60. The van der Waals surface area contributed by atoms with Crippen LogP contribution in [0.5, 0.6) is 0 Å². The number of carbonyl (C=O) groups excluding carboxylic acids is 2. The molecule has 2 rings (SSSR count). The first-order valence-corrected chi connectivity index (χ1v) is 8.06. The molecule has 0 fully saturated rings. The third-order valence-electron chi connectivity index (χ3n) is 4.08. The number of amides is 2. The Morgan fingerprint density at radius 2 is 1.88 bits per heavy atom. The standard InChI is InChI=1S/C19H24N2O4/c1-11-8-15(6-7-16(11)13(3)22)21-18(23)20-10-19(5,24)17-9-12(2)25-14(17)4/h6-9,24H,10H2,1-5H3,(H2,20,21,23). The summed E-state index contributed by atoms with van der Waals surface area (Å²) in [4.78, 5) is 23.5. The third kappa shape index (κ3) is 4.48. The summed E-state index contributed by atoms with van der Waals surface area (Å²) >= 11 is 0. The predicted octanol–water partition coefficient (Wildman–Crippen LogP) is 3.44. The highest BCUT2D eigenvalue weighted by atomic mass is 16.3. The van der Waals surface area contributed by atoms with Crippen molar-refractivity contribution in [3.05, 3.63) is 52.5 Å². The van der Waals surface area contributed by atoms with Gasteiger partial charge in [0, 0.05) is 16.8 Å². The van der Waals surface area contributed by atoms with Gasteiger partial charge < -0.3 is 20.2 Å². The van der Waals surface area contributed by atoms with Gasteiger partial charge in [0.05, 0.1) is 6.54 Å². The van der Waals surface area contributed by atoms with E-state index >= 15 is 0 Å². The summed E-state index contributed by atoms with van der Waals surface area (Å²) in [6.07, 6.45) is 0. The number of aryl methyl sites for hydroxylation is 3. The maximum absolute atomic E-state index is 12.1. The molecule has 0 bridgehead atoms. The smallest absolute Gasteiger partial charge is 0.319 e. The van der Waals surface area contributed by atoms with Crippen molar-refractivity contribution in [1.29, 1.82) is 0 Å².